The van der Waals surface area contributed by atoms with Crippen molar-refractivity contribution in [3.8, 4) is 0 Å². The SMILES string of the molecule is O=C(c1cncc2ccccc12)N1CC[C@@H](COCc2ccccc2)C1. The zero-order chi connectivity index (χ0) is 17.8. The molecule has 2 aromatic carbocycles. The minimum Gasteiger partial charge on any atom is -0.376 e. The van der Waals surface area contributed by atoms with E-state index in [-0.39, 0.29) is 5.91 Å². The Morgan fingerprint density at radius 1 is 1.08 bits per heavy atom. The monoisotopic (exact) mass is 346 g/mol. The van der Waals surface area contributed by atoms with Crippen molar-refractivity contribution in [3.05, 3.63) is 78.1 Å². The number of hydrogen-bond donors (Lipinski definition) is 0. The van der Waals surface area contributed by atoms with E-state index in [9.17, 15) is 4.79 Å². The van der Waals surface area contributed by atoms with E-state index in [1.807, 2.05) is 47.4 Å². The molecule has 132 valence electrons. The summed E-state index contributed by atoms with van der Waals surface area (Å²) in [7, 11) is 0. The van der Waals surface area contributed by atoms with Crippen molar-refractivity contribution in [1.29, 1.82) is 0 Å². The lowest BCUT2D eigenvalue weighted by Crippen LogP contribution is -2.29. The van der Waals surface area contributed by atoms with E-state index in [4.69, 9.17) is 4.74 Å². The Morgan fingerprint density at radius 2 is 1.88 bits per heavy atom. The molecule has 1 atom stereocenters. The van der Waals surface area contributed by atoms with Gasteiger partial charge >= 0.3 is 0 Å². The number of fused-ring (bicyclic) bond motifs is 1. The highest BCUT2D eigenvalue weighted by atomic mass is 16.5. The minimum absolute atomic E-state index is 0.0693. The highest BCUT2D eigenvalue weighted by Gasteiger charge is 2.28. The molecule has 4 nitrogen and oxygen atoms in total. The van der Waals surface area contributed by atoms with Gasteiger partial charge in [0.25, 0.3) is 5.91 Å². The van der Waals surface area contributed by atoms with Gasteiger partial charge in [-0.2, -0.15) is 0 Å². The summed E-state index contributed by atoms with van der Waals surface area (Å²) in [5.41, 5.74) is 1.87. The molecule has 0 aliphatic carbocycles. The van der Waals surface area contributed by atoms with Crippen LogP contribution >= 0.6 is 0 Å². The van der Waals surface area contributed by atoms with E-state index in [1.165, 1.54) is 5.56 Å². The molecule has 1 amide bonds. The number of hydrogen-bond acceptors (Lipinski definition) is 3. The molecule has 0 saturated carbocycles. The van der Waals surface area contributed by atoms with Crippen LogP contribution in [0.15, 0.2) is 67.0 Å². The number of carbonyl (C=O) groups is 1. The average molecular weight is 346 g/mol. The van der Waals surface area contributed by atoms with E-state index in [2.05, 4.69) is 17.1 Å². The van der Waals surface area contributed by atoms with Crippen molar-refractivity contribution in [3.63, 3.8) is 0 Å². The van der Waals surface area contributed by atoms with Gasteiger partial charge in [-0.15, -0.1) is 0 Å². The summed E-state index contributed by atoms with van der Waals surface area (Å²) in [6.45, 7) is 2.84. The Bertz CT molecular complexity index is 890. The number of likely N-dealkylation sites (tertiary alicyclic amines) is 1. The number of aromatic nitrogens is 1. The summed E-state index contributed by atoms with van der Waals surface area (Å²) < 4.78 is 5.86. The van der Waals surface area contributed by atoms with Crippen molar-refractivity contribution in [2.24, 2.45) is 5.92 Å². The van der Waals surface area contributed by atoms with Gasteiger partial charge in [-0.3, -0.25) is 9.78 Å². The van der Waals surface area contributed by atoms with E-state index < -0.39 is 0 Å². The second-order valence-corrected chi connectivity index (χ2v) is 6.81. The number of ether oxygens (including phenoxy) is 1. The van der Waals surface area contributed by atoms with Gasteiger partial charge in [0.15, 0.2) is 0 Å². The van der Waals surface area contributed by atoms with E-state index in [0.29, 0.717) is 24.7 Å². The molecule has 0 spiro atoms. The van der Waals surface area contributed by atoms with Gasteiger partial charge in [-0.05, 0) is 17.4 Å². The second kappa shape index (κ2) is 7.67. The minimum atomic E-state index is 0.0693. The predicted octanol–water partition coefficient (Wildman–Crippen LogP) is 3.91. The lowest BCUT2D eigenvalue weighted by atomic mass is 10.1. The van der Waals surface area contributed by atoms with Crippen LogP contribution in [-0.4, -0.2) is 35.5 Å². The fourth-order valence-corrected chi connectivity index (χ4v) is 3.53. The van der Waals surface area contributed by atoms with Gasteiger partial charge in [0.1, 0.15) is 0 Å². The van der Waals surface area contributed by atoms with Gasteiger partial charge in [0, 0.05) is 36.8 Å². The van der Waals surface area contributed by atoms with Crippen LogP contribution in [-0.2, 0) is 11.3 Å². The van der Waals surface area contributed by atoms with Crippen molar-refractivity contribution >= 4 is 16.7 Å². The first-order chi connectivity index (χ1) is 12.8. The fourth-order valence-electron chi connectivity index (χ4n) is 3.53. The van der Waals surface area contributed by atoms with E-state index in [1.54, 1.807) is 12.4 Å². The van der Waals surface area contributed by atoms with Gasteiger partial charge in [0.2, 0.25) is 0 Å². The fraction of sp³-hybridized carbons (Fsp3) is 0.273. The Balaban J connectivity index is 1.36. The average Bonchev–Trinajstić information content (AvgIpc) is 3.17. The first kappa shape index (κ1) is 16.7. The number of benzene rings is 2. The third-order valence-electron chi connectivity index (χ3n) is 4.94. The molecule has 0 radical (unpaired) electrons. The molecule has 1 fully saturated rings. The molecule has 4 heteroatoms. The smallest absolute Gasteiger partial charge is 0.256 e. The number of carbonyl (C=O) groups excluding carboxylic acids is 1. The third-order valence-corrected chi connectivity index (χ3v) is 4.94. The molecular weight excluding hydrogens is 324 g/mol. The van der Waals surface area contributed by atoms with Crippen LogP contribution in [0.1, 0.15) is 22.3 Å². The maximum atomic E-state index is 12.9. The van der Waals surface area contributed by atoms with Gasteiger partial charge in [-0.1, -0.05) is 54.6 Å². The van der Waals surface area contributed by atoms with Crippen molar-refractivity contribution < 1.29 is 9.53 Å². The predicted molar refractivity (Wildman–Crippen MR) is 102 cm³/mol. The molecule has 26 heavy (non-hydrogen) atoms. The van der Waals surface area contributed by atoms with Crippen LogP contribution in [0.5, 0.6) is 0 Å². The Morgan fingerprint density at radius 3 is 2.77 bits per heavy atom. The molecule has 1 saturated heterocycles. The van der Waals surface area contributed by atoms with Gasteiger partial charge in [-0.25, -0.2) is 0 Å². The number of pyridine rings is 1. The zero-order valence-corrected chi connectivity index (χ0v) is 14.7. The standard InChI is InChI=1S/C22H22N2O2/c25-22(21-13-23-12-19-8-4-5-9-20(19)21)24-11-10-18(14-24)16-26-15-17-6-2-1-3-7-17/h1-9,12-13,18H,10-11,14-16H2/t18-/m1/s1. The lowest BCUT2D eigenvalue weighted by Gasteiger charge is -2.17. The summed E-state index contributed by atoms with van der Waals surface area (Å²) in [5.74, 6) is 0.463. The van der Waals surface area contributed by atoms with Crippen LogP contribution in [0.4, 0.5) is 0 Å². The topological polar surface area (TPSA) is 42.4 Å². The van der Waals surface area contributed by atoms with E-state index >= 15 is 0 Å². The number of amides is 1. The highest BCUT2D eigenvalue weighted by Crippen LogP contribution is 2.23. The molecule has 1 aliphatic rings. The van der Waals surface area contributed by atoms with Crippen LogP contribution in [0.25, 0.3) is 10.8 Å². The molecular formula is C22H22N2O2. The molecule has 1 aliphatic heterocycles. The van der Waals surface area contributed by atoms with Crippen LogP contribution in [0, 0.1) is 5.92 Å². The normalized spacial score (nSPS) is 16.9. The molecule has 0 bridgehead atoms. The van der Waals surface area contributed by atoms with Crippen LogP contribution < -0.4 is 0 Å². The summed E-state index contributed by atoms with van der Waals surface area (Å²) in [6, 6.07) is 18.1. The van der Waals surface area contributed by atoms with Crippen LogP contribution in [0.2, 0.25) is 0 Å². The Labute approximate surface area is 153 Å². The van der Waals surface area contributed by atoms with Gasteiger partial charge in [0.05, 0.1) is 18.8 Å². The molecule has 0 unspecified atom stereocenters. The van der Waals surface area contributed by atoms with Crippen molar-refractivity contribution in [2.45, 2.75) is 13.0 Å². The Hall–Kier alpha value is -2.72. The van der Waals surface area contributed by atoms with E-state index in [0.717, 1.165) is 30.3 Å². The summed E-state index contributed by atoms with van der Waals surface area (Å²) in [5, 5.41) is 1.97. The first-order valence-electron chi connectivity index (χ1n) is 9.05. The van der Waals surface area contributed by atoms with Crippen molar-refractivity contribution in [1.82, 2.24) is 9.88 Å². The zero-order valence-electron chi connectivity index (χ0n) is 14.7. The molecule has 0 N–H and O–H groups in total. The second-order valence-electron chi connectivity index (χ2n) is 6.81. The van der Waals surface area contributed by atoms with Gasteiger partial charge < -0.3 is 9.64 Å². The quantitative estimate of drug-likeness (QED) is 0.703. The first-order valence-corrected chi connectivity index (χ1v) is 9.05. The highest BCUT2D eigenvalue weighted by molar-refractivity contribution is 6.06. The largest absolute Gasteiger partial charge is 0.376 e. The van der Waals surface area contributed by atoms with Crippen molar-refractivity contribution in [2.75, 3.05) is 19.7 Å². The molecule has 2 heterocycles. The number of nitrogens with zero attached hydrogens (tertiary/aromatic N) is 2. The lowest BCUT2D eigenvalue weighted by molar-refractivity contribution is 0.0734. The molecule has 1 aromatic heterocycles. The summed E-state index contributed by atoms with van der Waals surface area (Å²) in [6.07, 6.45) is 4.47. The number of rotatable bonds is 5. The molecule has 4 rings (SSSR count). The summed E-state index contributed by atoms with van der Waals surface area (Å²) in [4.78, 5) is 19.1. The maximum absolute atomic E-state index is 12.9. The Kier molecular flexibility index (Phi) is 4.93. The maximum Gasteiger partial charge on any atom is 0.256 e. The third kappa shape index (κ3) is 3.60. The molecule has 3 aromatic rings. The summed E-state index contributed by atoms with van der Waals surface area (Å²) >= 11 is 0. The van der Waals surface area contributed by atoms with Crippen LogP contribution in [0.3, 0.4) is 0 Å².